The van der Waals surface area contributed by atoms with E-state index in [0.717, 1.165) is 19.4 Å². The Morgan fingerprint density at radius 2 is 2.00 bits per heavy atom. The molecule has 2 nitrogen and oxygen atoms in total. The largest absolute Gasteiger partial charge is 0.329 e. The van der Waals surface area contributed by atoms with Crippen LogP contribution in [0.4, 0.5) is 4.39 Å². The van der Waals surface area contributed by atoms with Crippen molar-refractivity contribution < 1.29 is 4.39 Å². The fourth-order valence-electron chi connectivity index (χ4n) is 2.77. The molecule has 1 unspecified atom stereocenters. The number of hydrogen-bond acceptors (Lipinski definition) is 2. The zero-order valence-electron chi connectivity index (χ0n) is 10.5. The first-order valence-corrected chi connectivity index (χ1v) is 6.32. The molecular weight excluding hydrogens is 215 g/mol. The average molecular weight is 236 g/mol. The van der Waals surface area contributed by atoms with Crippen LogP contribution in [-0.2, 0) is 6.42 Å². The van der Waals surface area contributed by atoms with Gasteiger partial charge in [-0.1, -0.05) is 18.6 Å². The molecule has 2 N–H and O–H groups in total. The summed E-state index contributed by atoms with van der Waals surface area (Å²) in [7, 11) is 2.15. The first-order valence-electron chi connectivity index (χ1n) is 6.32. The van der Waals surface area contributed by atoms with E-state index in [-0.39, 0.29) is 11.4 Å². The fourth-order valence-corrected chi connectivity index (χ4v) is 2.77. The van der Waals surface area contributed by atoms with Crippen molar-refractivity contribution in [2.24, 2.45) is 5.73 Å². The van der Waals surface area contributed by atoms with Crippen molar-refractivity contribution in [1.29, 1.82) is 0 Å². The molecular formula is C14H21FN2. The Morgan fingerprint density at radius 1 is 1.29 bits per heavy atom. The smallest absolute Gasteiger partial charge is 0.123 e. The third-order valence-corrected chi connectivity index (χ3v) is 4.02. The molecule has 1 saturated heterocycles. The monoisotopic (exact) mass is 236 g/mol. The van der Waals surface area contributed by atoms with Gasteiger partial charge >= 0.3 is 0 Å². The Kier molecular flexibility index (Phi) is 3.79. The second-order valence-corrected chi connectivity index (χ2v) is 5.11. The first-order chi connectivity index (χ1) is 8.16. The van der Waals surface area contributed by atoms with Gasteiger partial charge in [-0.15, -0.1) is 0 Å². The second-order valence-electron chi connectivity index (χ2n) is 5.11. The van der Waals surface area contributed by atoms with Gasteiger partial charge in [0.2, 0.25) is 0 Å². The van der Waals surface area contributed by atoms with Crippen LogP contribution >= 0.6 is 0 Å². The number of hydrogen-bond donors (Lipinski definition) is 1. The van der Waals surface area contributed by atoms with Crippen molar-refractivity contribution in [3.63, 3.8) is 0 Å². The molecule has 0 amide bonds. The number of rotatable bonds is 3. The molecule has 1 aromatic carbocycles. The summed E-state index contributed by atoms with van der Waals surface area (Å²) in [5.41, 5.74) is 7.23. The maximum atomic E-state index is 12.9. The molecule has 0 spiro atoms. The molecule has 0 aliphatic carbocycles. The van der Waals surface area contributed by atoms with Crippen LogP contribution in [-0.4, -0.2) is 30.6 Å². The average Bonchev–Trinajstić information content (AvgIpc) is 2.35. The van der Waals surface area contributed by atoms with Gasteiger partial charge in [0, 0.05) is 12.1 Å². The molecule has 0 saturated carbocycles. The number of nitrogens with two attached hydrogens (primary N) is 1. The SMILES string of the molecule is CN1CCCCC1(CN)Cc1ccc(F)cc1. The Balaban J connectivity index is 2.15. The predicted molar refractivity (Wildman–Crippen MR) is 68.4 cm³/mol. The molecule has 17 heavy (non-hydrogen) atoms. The summed E-state index contributed by atoms with van der Waals surface area (Å²) < 4.78 is 12.9. The topological polar surface area (TPSA) is 29.3 Å². The van der Waals surface area contributed by atoms with E-state index in [4.69, 9.17) is 5.73 Å². The lowest BCUT2D eigenvalue weighted by Crippen LogP contribution is -2.56. The number of likely N-dealkylation sites (N-methyl/N-ethyl adjacent to an activating group) is 1. The maximum absolute atomic E-state index is 12.9. The molecule has 0 radical (unpaired) electrons. The quantitative estimate of drug-likeness (QED) is 0.871. The van der Waals surface area contributed by atoms with Crippen LogP contribution in [0.5, 0.6) is 0 Å². The van der Waals surface area contributed by atoms with Gasteiger partial charge in [-0.3, -0.25) is 4.90 Å². The first kappa shape index (κ1) is 12.5. The predicted octanol–water partition coefficient (Wildman–Crippen LogP) is 2.18. The molecule has 1 aromatic rings. The van der Waals surface area contributed by atoms with Crippen molar-refractivity contribution in [3.05, 3.63) is 35.6 Å². The lowest BCUT2D eigenvalue weighted by molar-refractivity contribution is 0.0803. The van der Waals surface area contributed by atoms with Crippen LogP contribution in [0.1, 0.15) is 24.8 Å². The van der Waals surface area contributed by atoms with Crippen LogP contribution in [0.2, 0.25) is 0 Å². The third-order valence-electron chi connectivity index (χ3n) is 4.02. The van der Waals surface area contributed by atoms with Gasteiger partial charge in [0.05, 0.1) is 0 Å². The van der Waals surface area contributed by atoms with Gasteiger partial charge < -0.3 is 5.73 Å². The van der Waals surface area contributed by atoms with E-state index in [9.17, 15) is 4.39 Å². The van der Waals surface area contributed by atoms with E-state index < -0.39 is 0 Å². The summed E-state index contributed by atoms with van der Waals surface area (Å²) in [6.45, 7) is 1.78. The summed E-state index contributed by atoms with van der Waals surface area (Å²) in [6, 6.07) is 6.80. The highest BCUT2D eigenvalue weighted by atomic mass is 19.1. The molecule has 94 valence electrons. The number of nitrogens with zero attached hydrogens (tertiary/aromatic N) is 1. The molecule has 1 heterocycles. The lowest BCUT2D eigenvalue weighted by atomic mass is 9.81. The Bertz CT molecular complexity index is 363. The van der Waals surface area contributed by atoms with Crippen molar-refractivity contribution in [2.75, 3.05) is 20.1 Å². The van der Waals surface area contributed by atoms with Crippen molar-refractivity contribution >= 4 is 0 Å². The minimum Gasteiger partial charge on any atom is -0.329 e. The molecule has 0 aromatic heterocycles. The molecule has 0 bridgehead atoms. The van der Waals surface area contributed by atoms with Crippen LogP contribution in [0, 0.1) is 5.82 Å². The summed E-state index contributed by atoms with van der Waals surface area (Å²) in [4.78, 5) is 2.37. The molecule has 1 aliphatic rings. The van der Waals surface area contributed by atoms with Gasteiger partial charge in [-0.2, -0.15) is 0 Å². The Morgan fingerprint density at radius 3 is 2.59 bits per heavy atom. The standard InChI is InChI=1S/C14H21FN2/c1-17-9-3-2-8-14(17,11-16)10-12-4-6-13(15)7-5-12/h4-7H,2-3,8-11,16H2,1H3. The van der Waals surface area contributed by atoms with E-state index in [1.165, 1.54) is 30.5 Å². The minimum atomic E-state index is -0.174. The normalized spacial score (nSPS) is 26.1. The van der Waals surface area contributed by atoms with E-state index in [0.29, 0.717) is 6.54 Å². The zero-order valence-corrected chi connectivity index (χ0v) is 10.5. The molecule has 1 atom stereocenters. The van der Waals surface area contributed by atoms with E-state index >= 15 is 0 Å². The summed E-state index contributed by atoms with van der Waals surface area (Å²) in [5.74, 6) is -0.174. The van der Waals surface area contributed by atoms with Gasteiger partial charge in [-0.05, 0) is 50.6 Å². The Labute approximate surface area is 103 Å². The number of halogens is 1. The zero-order chi connectivity index (χ0) is 12.3. The Hall–Kier alpha value is -0.930. The number of piperidine rings is 1. The van der Waals surface area contributed by atoms with Crippen molar-refractivity contribution in [1.82, 2.24) is 4.90 Å². The van der Waals surface area contributed by atoms with Gasteiger partial charge in [0.15, 0.2) is 0 Å². The lowest BCUT2D eigenvalue weighted by Gasteiger charge is -2.45. The second kappa shape index (κ2) is 5.15. The van der Waals surface area contributed by atoms with Gasteiger partial charge in [0.1, 0.15) is 5.82 Å². The minimum absolute atomic E-state index is 0.0656. The summed E-state index contributed by atoms with van der Waals surface area (Å²) >= 11 is 0. The number of likely N-dealkylation sites (tertiary alicyclic amines) is 1. The summed E-state index contributed by atoms with van der Waals surface area (Å²) in [6.07, 6.45) is 4.54. The number of benzene rings is 1. The van der Waals surface area contributed by atoms with Crippen LogP contribution in [0.3, 0.4) is 0 Å². The highest BCUT2D eigenvalue weighted by Crippen LogP contribution is 2.29. The third kappa shape index (κ3) is 2.67. The molecule has 3 heteroatoms. The fraction of sp³-hybridized carbons (Fsp3) is 0.571. The van der Waals surface area contributed by atoms with Crippen LogP contribution in [0.25, 0.3) is 0 Å². The van der Waals surface area contributed by atoms with Gasteiger partial charge in [0.25, 0.3) is 0 Å². The van der Waals surface area contributed by atoms with Crippen LogP contribution in [0.15, 0.2) is 24.3 Å². The summed E-state index contributed by atoms with van der Waals surface area (Å²) in [5, 5.41) is 0. The van der Waals surface area contributed by atoms with E-state index in [1.807, 2.05) is 12.1 Å². The highest BCUT2D eigenvalue weighted by molar-refractivity contribution is 5.19. The molecule has 1 aliphatic heterocycles. The maximum Gasteiger partial charge on any atom is 0.123 e. The molecule has 1 fully saturated rings. The molecule has 2 rings (SSSR count). The van der Waals surface area contributed by atoms with Crippen LogP contribution < -0.4 is 5.73 Å². The highest BCUT2D eigenvalue weighted by Gasteiger charge is 2.35. The van der Waals surface area contributed by atoms with Crippen molar-refractivity contribution in [2.45, 2.75) is 31.2 Å². The van der Waals surface area contributed by atoms with E-state index in [1.54, 1.807) is 0 Å². The van der Waals surface area contributed by atoms with Crippen molar-refractivity contribution in [3.8, 4) is 0 Å². The van der Waals surface area contributed by atoms with Gasteiger partial charge in [-0.25, -0.2) is 4.39 Å². The van der Waals surface area contributed by atoms with E-state index in [2.05, 4.69) is 11.9 Å².